The first-order valence-corrected chi connectivity index (χ1v) is 9.12. The predicted molar refractivity (Wildman–Crippen MR) is 97.7 cm³/mol. The Kier molecular flexibility index (Phi) is 5.58. The average Bonchev–Trinajstić information content (AvgIpc) is 3.03. The fourth-order valence-corrected chi connectivity index (χ4v) is 3.66. The highest BCUT2D eigenvalue weighted by atomic mass is 32.1. The molecule has 2 aromatic carbocycles. The highest BCUT2D eigenvalue weighted by Gasteiger charge is 2.17. The van der Waals surface area contributed by atoms with Gasteiger partial charge in [-0.1, -0.05) is 12.1 Å². The predicted octanol–water partition coefficient (Wildman–Crippen LogP) is 2.86. The van der Waals surface area contributed by atoms with Crippen LogP contribution in [0.2, 0.25) is 0 Å². The molecule has 136 valence electrons. The van der Waals surface area contributed by atoms with E-state index in [0.717, 1.165) is 21.3 Å². The summed E-state index contributed by atoms with van der Waals surface area (Å²) in [5, 5.41) is 2.69. The Morgan fingerprint density at radius 2 is 2.00 bits per heavy atom. The van der Waals surface area contributed by atoms with Gasteiger partial charge in [0.1, 0.15) is 11.0 Å². The summed E-state index contributed by atoms with van der Waals surface area (Å²) < 4.78 is 27.4. The molecule has 1 heterocycles. The van der Waals surface area contributed by atoms with E-state index in [1.54, 1.807) is 23.3 Å². The van der Waals surface area contributed by atoms with E-state index >= 15 is 0 Å². The molecule has 26 heavy (non-hydrogen) atoms. The van der Waals surface area contributed by atoms with Crippen LogP contribution in [0, 0.1) is 11.6 Å². The maximum absolute atomic E-state index is 13.3. The number of quaternary nitrogens is 1. The summed E-state index contributed by atoms with van der Waals surface area (Å²) in [6.45, 7) is 2.53. The van der Waals surface area contributed by atoms with Crippen molar-refractivity contribution >= 4 is 27.5 Å². The van der Waals surface area contributed by atoms with Gasteiger partial charge in [-0.15, -0.1) is 11.3 Å². The molecule has 0 saturated carbocycles. The zero-order valence-electron chi connectivity index (χ0n) is 14.6. The number of halogens is 2. The summed E-state index contributed by atoms with van der Waals surface area (Å²) in [6.07, 6.45) is 0. The summed E-state index contributed by atoms with van der Waals surface area (Å²) >= 11 is 1.57. The molecule has 1 aromatic heterocycles. The summed E-state index contributed by atoms with van der Waals surface area (Å²) in [7, 11) is 1.74. The lowest BCUT2D eigenvalue weighted by Gasteiger charge is -2.17. The van der Waals surface area contributed by atoms with Gasteiger partial charge in [0.25, 0.3) is 5.91 Å². The van der Waals surface area contributed by atoms with Crippen LogP contribution in [-0.2, 0) is 11.3 Å². The minimum absolute atomic E-state index is 0.0429. The van der Waals surface area contributed by atoms with Crippen LogP contribution in [0.15, 0.2) is 42.5 Å². The van der Waals surface area contributed by atoms with E-state index in [1.165, 1.54) is 12.1 Å². The third kappa shape index (κ3) is 4.23. The number of amides is 1. The summed E-state index contributed by atoms with van der Waals surface area (Å²) in [5.74, 6) is -1.78. The largest absolute Gasteiger partial charge is 0.334 e. The molecule has 0 saturated heterocycles. The number of thiazole rings is 1. The van der Waals surface area contributed by atoms with Crippen molar-refractivity contribution in [2.24, 2.45) is 0 Å². The van der Waals surface area contributed by atoms with Gasteiger partial charge in [0.05, 0.1) is 16.8 Å². The minimum Gasteiger partial charge on any atom is -0.334 e. The van der Waals surface area contributed by atoms with Gasteiger partial charge in [-0.3, -0.25) is 4.79 Å². The van der Waals surface area contributed by atoms with Crippen molar-refractivity contribution in [2.45, 2.75) is 19.5 Å². The monoisotopic (exact) mass is 376 g/mol. The number of para-hydroxylation sites is 1. The molecule has 0 unspecified atom stereocenters. The first-order chi connectivity index (χ1) is 12.4. The van der Waals surface area contributed by atoms with E-state index in [2.05, 4.69) is 4.98 Å². The van der Waals surface area contributed by atoms with Crippen molar-refractivity contribution in [1.29, 1.82) is 0 Å². The molecule has 0 aliphatic rings. The topological polar surface area (TPSA) is 49.8 Å². The Labute approximate surface area is 154 Å². The number of fused-ring (bicyclic) bond motifs is 1. The number of aromatic nitrogens is 1. The number of carbonyl (C=O) groups excluding carboxylic acids is 1. The molecule has 0 aliphatic carbocycles. The molecule has 0 radical (unpaired) electrons. The van der Waals surface area contributed by atoms with E-state index in [1.807, 2.05) is 36.5 Å². The molecule has 0 bridgehead atoms. The number of rotatable bonds is 6. The third-order valence-corrected chi connectivity index (χ3v) is 5.27. The summed E-state index contributed by atoms with van der Waals surface area (Å²) in [5.41, 5.74) is 1.58. The Hall–Kier alpha value is -2.38. The molecule has 1 atom stereocenters. The van der Waals surface area contributed by atoms with Gasteiger partial charge in [-0.05, 0) is 37.3 Å². The van der Waals surface area contributed by atoms with E-state index in [-0.39, 0.29) is 18.5 Å². The normalized spacial score (nSPS) is 12.3. The number of hydrogen-bond acceptors (Lipinski definition) is 3. The number of nitrogens with two attached hydrogens (primary N) is 1. The summed E-state index contributed by atoms with van der Waals surface area (Å²) in [6, 6.07) is 11.5. The molecular formula is C19H20F2N3OS+. The minimum atomic E-state index is -0.873. The van der Waals surface area contributed by atoms with Crippen LogP contribution in [0.25, 0.3) is 10.2 Å². The van der Waals surface area contributed by atoms with Crippen LogP contribution in [0.4, 0.5) is 8.78 Å². The van der Waals surface area contributed by atoms with E-state index in [4.69, 9.17) is 0 Å². The van der Waals surface area contributed by atoms with Gasteiger partial charge in [-0.2, -0.15) is 0 Å². The molecule has 2 N–H and O–H groups in total. The van der Waals surface area contributed by atoms with Gasteiger partial charge in [-0.25, -0.2) is 13.8 Å². The second-order valence-electron chi connectivity index (χ2n) is 6.23. The van der Waals surface area contributed by atoms with Gasteiger partial charge in [0.2, 0.25) is 0 Å². The number of benzene rings is 2. The lowest BCUT2D eigenvalue weighted by atomic mass is 10.1. The second kappa shape index (κ2) is 7.88. The Balaban J connectivity index is 1.55. The Morgan fingerprint density at radius 3 is 2.73 bits per heavy atom. The van der Waals surface area contributed by atoms with Crippen molar-refractivity contribution in [3.8, 4) is 0 Å². The van der Waals surface area contributed by atoms with Crippen LogP contribution in [0.5, 0.6) is 0 Å². The van der Waals surface area contributed by atoms with Crippen molar-refractivity contribution in [2.75, 3.05) is 13.6 Å². The number of nitrogens with zero attached hydrogens (tertiary/aromatic N) is 2. The molecule has 0 aliphatic heterocycles. The molecule has 7 heteroatoms. The molecule has 3 aromatic rings. The highest BCUT2D eigenvalue weighted by molar-refractivity contribution is 7.18. The Morgan fingerprint density at radius 1 is 1.23 bits per heavy atom. The van der Waals surface area contributed by atoms with E-state index in [0.29, 0.717) is 12.1 Å². The lowest BCUT2D eigenvalue weighted by molar-refractivity contribution is -0.683. The quantitative estimate of drug-likeness (QED) is 0.719. The van der Waals surface area contributed by atoms with Crippen molar-refractivity contribution in [1.82, 2.24) is 9.88 Å². The Bertz CT molecular complexity index is 895. The lowest BCUT2D eigenvalue weighted by Crippen LogP contribution is -2.87. The highest BCUT2D eigenvalue weighted by Crippen LogP contribution is 2.22. The van der Waals surface area contributed by atoms with Crippen molar-refractivity contribution < 1.29 is 18.9 Å². The number of hydrogen-bond donors (Lipinski definition) is 1. The SMILES string of the molecule is C[C@H]([NH2+]CC(=O)N(C)Cc1nc2ccccc2s1)c1ccc(F)c(F)c1. The van der Waals surface area contributed by atoms with Crippen molar-refractivity contribution in [3.63, 3.8) is 0 Å². The molecule has 0 spiro atoms. The van der Waals surface area contributed by atoms with E-state index in [9.17, 15) is 13.6 Å². The molecule has 0 fully saturated rings. The summed E-state index contributed by atoms with van der Waals surface area (Å²) in [4.78, 5) is 18.5. The first-order valence-electron chi connectivity index (χ1n) is 8.30. The average molecular weight is 376 g/mol. The maximum Gasteiger partial charge on any atom is 0.277 e. The first kappa shape index (κ1) is 18.4. The van der Waals surface area contributed by atoms with Gasteiger partial charge in [0.15, 0.2) is 18.2 Å². The van der Waals surface area contributed by atoms with Crippen molar-refractivity contribution in [3.05, 3.63) is 64.7 Å². The number of carbonyl (C=O) groups is 1. The zero-order chi connectivity index (χ0) is 18.7. The van der Waals surface area contributed by atoms with Crippen LogP contribution < -0.4 is 5.32 Å². The molecular weight excluding hydrogens is 356 g/mol. The standard InChI is InChI=1S/C19H19F2N3OS/c1-12(13-7-8-14(20)15(21)9-13)22-10-19(25)24(2)11-18-23-16-5-3-4-6-17(16)26-18/h3-9,12,22H,10-11H2,1-2H3/p+1/t12-/m0/s1. The van der Waals surface area contributed by atoms with Gasteiger partial charge in [0, 0.05) is 12.6 Å². The maximum atomic E-state index is 13.3. The van der Waals surface area contributed by atoms with E-state index < -0.39 is 11.6 Å². The van der Waals surface area contributed by atoms with Crippen LogP contribution in [0.3, 0.4) is 0 Å². The van der Waals surface area contributed by atoms with Crippen LogP contribution in [-0.4, -0.2) is 29.4 Å². The molecule has 4 nitrogen and oxygen atoms in total. The van der Waals surface area contributed by atoms with Gasteiger partial charge < -0.3 is 10.2 Å². The molecule has 1 amide bonds. The fraction of sp³-hybridized carbons (Fsp3) is 0.263. The fourth-order valence-electron chi connectivity index (χ4n) is 2.64. The number of likely N-dealkylation sites (N-methyl/N-ethyl adjacent to an activating group) is 1. The van der Waals surface area contributed by atoms with Gasteiger partial charge >= 0.3 is 0 Å². The second-order valence-corrected chi connectivity index (χ2v) is 7.34. The van der Waals surface area contributed by atoms with Crippen LogP contribution in [0.1, 0.15) is 23.5 Å². The van der Waals surface area contributed by atoms with Crippen LogP contribution >= 0.6 is 11.3 Å². The smallest absolute Gasteiger partial charge is 0.277 e. The third-order valence-electron chi connectivity index (χ3n) is 4.25. The zero-order valence-corrected chi connectivity index (χ0v) is 15.4. The molecule has 3 rings (SSSR count).